The molecular formula is C14H11ClN2O3. The highest BCUT2D eigenvalue weighted by atomic mass is 35.5. The number of anilines is 1. The van der Waals surface area contributed by atoms with Crippen LogP contribution in [0.25, 0.3) is 11.1 Å². The summed E-state index contributed by atoms with van der Waals surface area (Å²) in [7, 11) is 0. The fraction of sp³-hybridized carbons (Fsp3) is 0.0714. The van der Waals surface area contributed by atoms with E-state index in [4.69, 9.17) is 26.5 Å². The van der Waals surface area contributed by atoms with Gasteiger partial charge in [0.05, 0.1) is 11.2 Å². The number of aromatic amines is 1. The number of hydrogen-bond donors (Lipinski definition) is 2. The number of benzene rings is 2. The van der Waals surface area contributed by atoms with Crippen LogP contribution in [-0.2, 0) is 6.61 Å². The van der Waals surface area contributed by atoms with E-state index in [0.717, 1.165) is 5.56 Å². The van der Waals surface area contributed by atoms with Gasteiger partial charge >= 0.3 is 5.76 Å². The predicted molar refractivity (Wildman–Crippen MR) is 77.0 cm³/mol. The van der Waals surface area contributed by atoms with Gasteiger partial charge in [0, 0.05) is 17.2 Å². The first-order valence-corrected chi connectivity index (χ1v) is 6.29. The standard InChI is InChI=1S/C14H11ClN2O3/c15-9-3-1-8(2-4-9)7-19-12-6-11-13(5-10(12)16)20-14(18)17-11/h1-6H,7,16H2,(H,17,18). The van der Waals surface area contributed by atoms with Gasteiger partial charge < -0.3 is 14.9 Å². The minimum atomic E-state index is -0.519. The van der Waals surface area contributed by atoms with Crippen LogP contribution in [0.3, 0.4) is 0 Å². The van der Waals surface area contributed by atoms with E-state index in [1.807, 2.05) is 12.1 Å². The van der Waals surface area contributed by atoms with Crippen molar-refractivity contribution < 1.29 is 9.15 Å². The largest absolute Gasteiger partial charge is 0.487 e. The Morgan fingerprint density at radius 3 is 2.75 bits per heavy atom. The van der Waals surface area contributed by atoms with Crippen LogP contribution in [0.5, 0.6) is 5.75 Å². The third-order valence-corrected chi connectivity index (χ3v) is 3.11. The lowest BCUT2D eigenvalue weighted by atomic mass is 10.2. The summed E-state index contributed by atoms with van der Waals surface area (Å²) < 4.78 is 10.6. The molecule has 102 valence electrons. The molecule has 3 rings (SSSR count). The number of nitrogens with two attached hydrogens (primary N) is 1. The van der Waals surface area contributed by atoms with Gasteiger partial charge in [0.1, 0.15) is 12.4 Å². The number of ether oxygens (including phenoxy) is 1. The second kappa shape index (κ2) is 4.94. The van der Waals surface area contributed by atoms with Crippen molar-refractivity contribution >= 4 is 28.4 Å². The third-order valence-electron chi connectivity index (χ3n) is 2.86. The maximum atomic E-state index is 11.1. The minimum Gasteiger partial charge on any atom is -0.487 e. The summed E-state index contributed by atoms with van der Waals surface area (Å²) in [6.45, 7) is 0.356. The lowest BCUT2D eigenvalue weighted by Crippen LogP contribution is -1.98. The molecule has 0 saturated carbocycles. The van der Waals surface area contributed by atoms with Crippen LogP contribution >= 0.6 is 11.6 Å². The predicted octanol–water partition coefficient (Wildman–Crippen LogP) is 2.94. The Bertz CT molecular complexity index is 805. The zero-order valence-electron chi connectivity index (χ0n) is 10.4. The first kappa shape index (κ1) is 12.6. The van der Waals surface area contributed by atoms with Gasteiger partial charge in [-0.05, 0) is 17.7 Å². The number of nitrogen functional groups attached to an aromatic ring is 1. The van der Waals surface area contributed by atoms with Crippen LogP contribution in [0.15, 0.2) is 45.6 Å². The van der Waals surface area contributed by atoms with E-state index in [-0.39, 0.29) is 0 Å². The summed E-state index contributed by atoms with van der Waals surface area (Å²) in [5.74, 6) is -0.0289. The quantitative estimate of drug-likeness (QED) is 0.727. The number of H-pyrrole nitrogens is 1. The van der Waals surface area contributed by atoms with Crippen LogP contribution in [-0.4, -0.2) is 4.98 Å². The summed E-state index contributed by atoms with van der Waals surface area (Å²) in [4.78, 5) is 13.7. The molecule has 3 N–H and O–H groups in total. The fourth-order valence-electron chi connectivity index (χ4n) is 1.86. The molecule has 0 spiro atoms. The molecule has 3 aromatic rings. The number of hydrogen-bond acceptors (Lipinski definition) is 4. The van der Waals surface area contributed by atoms with Gasteiger partial charge in [0.25, 0.3) is 0 Å². The number of rotatable bonds is 3. The van der Waals surface area contributed by atoms with E-state index < -0.39 is 5.76 Å². The van der Waals surface area contributed by atoms with E-state index >= 15 is 0 Å². The molecule has 6 heteroatoms. The second-order valence-corrected chi connectivity index (χ2v) is 4.75. The SMILES string of the molecule is Nc1cc2oc(=O)[nH]c2cc1OCc1ccc(Cl)cc1. The summed E-state index contributed by atoms with van der Waals surface area (Å²) in [6.07, 6.45) is 0. The molecule has 5 nitrogen and oxygen atoms in total. The number of halogens is 1. The topological polar surface area (TPSA) is 81.2 Å². The highest BCUT2D eigenvalue weighted by Gasteiger charge is 2.08. The lowest BCUT2D eigenvalue weighted by Gasteiger charge is -2.08. The Labute approximate surface area is 118 Å². The number of aromatic nitrogens is 1. The molecule has 0 aliphatic carbocycles. The van der Waals surface area contributed by atoms with Crippen molar-refractivity contribution in [3.63, 3.8) is 0 Å². The zero-order valence-corrected chi connectivity index (χ0v) is 11.1. The lowest BCUT2D eigenvalue weighted by molar-refractivity contribution is 0.308. The summed E-state index contributed by atoms with van der Waals surface area (Å²) in [5, 5.41) is 0.672. The number of fused-ring (bicyclic) bond motifs is 1. The molecule has 0 bridgehead atoms. The maximum Gasteiger partial charge on any atom is 0.417 e. The molecule has 0 radical (unpaired) electrons. The van der Waals surface area contributed by atoms with Crippen LogP contribution in [0, 0.1) is 0 Å². The summed E-state index contributed by atoms with van der Waals surface area (Å²) in [5.41, 5.74) is 8.20. The van der Waals surface area contributed by atoms with Crippen LogP contribution < -0.4 is 16.2 Å². The molecule has 0 atom stereocenters. The van der Waals surface area contributed by atoms with Crippen molar-refractivity contribution in [2.24, 2.45) is 0 Å². The van der Waals surface area contributed by atoms with Gasteiger partial charge in [-0.1, -0.05) is 23.7 Å². The minimum absolute atomic E-state index is 0.356. The van der Waals surface area contributed by atoms with E-state index in [9.17, 15) is 4.79 Å². The Morgan fingerprint density at radius 2 is 2.00 bits per heavy atom. The number of oxazole rings is 1. The highest BCUT2D eigenvalue weighted by Crippen LogP contribution is 2.27. The molecule has 1 heterocycles. The highest BCUT2D eigenvalue weighted by molar-refractivity contribution is 6.30. The average Bonchev–Trinajstić information content (AvgIpc) is 2.77. The van der Waals surface area contributed by atoms with Crippen LogP contribution in [0.4, 0.5) is 5.69 Å². The Balaban J connectivity index is 1.84. The van der Waals surface area contributed by atoms with E-state index in [0.29, 0.717) is 34.2 Å². The molecular weight excluding hydrogens is 280 g/mol. The molecule has 1 aromatic heterocycles. The van der Waals surface area contributed by atoms with Crippen molar-refractivity contribution in [2.45, 2.75) is 6.61 Å². The normalized spacial score (nSPS) is 10.8. The zero-order chi connectivity index (χ0) is 14.1. The third kappa shape index (κ3) is 2.48. The van der Waals surface area contributed by atoms with E-state index in [1.54, 1.807) is 24.3 Å². The molecule has 0 saturated heterocycles. The fourth-order valence-corrected chi connectivity index (χ4v) is 1.99. The van der Waals surface area contributed by atoms with Gasteiger partial charge in [0.2, 0.25) is 0 Å². The van der Waals surface area contributed by atoms with Gasteiger partial charge in [-0.3, -0.25) is 4.98 Å². The molecule has 0 aliphatic rings. The van der Waals surface area contributed by atoms with E-state index in [1.165, 1.54) is 0 Å². The van der Waals surface area contributed by atoms with Gasteiger partial charge in [-0.15, -0.1) is 0 Å². The Kier molecular flexibility index (Phi) is 3.12. The Morgan fingerprint density at radius 1 is 1.25 bits per heavy atom. The van der Waals surface area contributed by atoms with Crippen molar-refractivity contribution in [1.29, 1.82) is 0 Å². The van der Waals surface area contributed by atoms with Crippen molar-refractivity contribution in [2.75, 3.05) is 5.73 Å². The first-order valence-electron chi connectivity index (χ1n) is 5.91. The van der Waals surface area contributed by atoms with Gasteiger partial charge in [-0.25, -0.2) is 4.79 Å². The van der Waals surface area contributed by atoms with Gasteiger partial charge in [-0.2, -0.15) is 0 Å². The van der Waals surface area contributed by atoms with Crippen LogP contribution in [0.2, 0.25) is 5.02 Å². The molecule has 0 aliphatic heterocycles. The maximum absolute atomic E-state index is 11.1. The van der Waals surface area contributed by atoms with Crippen molar-refractivity contribution in [3.05, 3.63) is 57.5 Å². The Hall–Kier alpha value is -2.40. The molecule has 0 amide bonds. The van der Waals surface area contributed by atoms with Crippen molar-refractivity contribution in [1.82, 2.24) is 4.98 Å². The number of nitrogens with one attached hydrogen (secondary N) is 1. The monoisotopic (exact) mass is 290 g/mol. The molecule has 0 unspecified atom stereocenters. The summed E-state index contributed by atoms with van der Waals surface area (Å²) >= 11 is 5.82. The molecule has 20 heavy (non-hydrogen) atoms. The average molecular weight is 291 g/mol. The first-order chi connectivity index (χ1) is 9.61. The van der Waals surface area contributed by atoms with E-state index in [2.05, 4.69) is 4.98 Å². The smallest absolute Gasteiger partial charge is 0.417 e. The van der Waals surface area contributed by atoms with Gasteiger partial charge in [0.15, 0.2) is 5.58 Å². The second-order valence-electron chi connectivity index (χ2n) is 4.32. The summed E-state index contributed by atoms with van der Waals surface area (Å²) in [6, 6.07) is 10.5. The van der Waals surface area contributed by atoms with Crippen molar-refractivity contribution in [3.8, 4) is 5.75 Å². The molecule has 2 aromatic carbocycles. The van der Waals surface area contributed by atoms with Crippen LogP contribution in [0.1, 0.15) is 5.56 Å². The molecule has 0 fully saturated rings.